The Bertz CT molecular complexity index is 1190. The van der Waals surface area contributed by atoms with Crippen LogP contribution in [0.2, 0.25) is 0 Å². The number of benzene rings is 1. The first-order valence-electron chi connectivity index (χ1n) is 11.8. The van der Waals surface area contributed by atoms with Crippen molar-refractivity contribution in [2.75, 3.05) is 13.2 Å². The van der Waals surface area contributed by atoms with Crippen molar-refractivity contribution in [3.05, 3.63) is 88.3 Å². The first kappa shape index (κ1) is 24.8. The van der Waals surface area contributed by atoms with E-state index in [0.717, 1.165) is 27.9 Å². The van der Waals surface area contributed by atoms with Gasteiger partial charge in [-0.2, -0.15) is 0 Å². The molecular weight excluding hydrogens is 449 g/mol. The Kier molecular flexibility index (Phi) is 7.73. The lowest BCUT2D eigenvalue weighted by Gasteiger charge is -2.30. The van der Waals surface area contributed by atoms with Crippen molar-refractivity contribution in [1.82, 2.24) is 14.9 Å². The van der Waals surface area contributed by atoms with E-state index < -0.39 is 5.97 Å². The van der Waals surface area contributed by atoms with Crippen molar-refractivity contribution < 1.29 is 23.4 Å². The maximum absolute atomic E-state index is 13.1. The van der Waals surface area contributed by atoms with Crippen LogP contribution in [0, 0.1) is 12.7 Å². The summed E-state index contributed by atoms with van der Waals surface area (Å²) in [5.74, 6) is -0.0274. The molecule has 1 aliphatic rings. The zero-order chi connectivity index (χ0) is 24.9. The molecular formula is C27H30FN3O4. The number of hydrogen-bond donors (Lipinski definition) is 0. The first-order valence-corrected chi connectivity index (χ1v) is 11.8. The Hall–Kier alpha value is -3.36. The van der Waals surface area contributed by atoms with Gasteiger partial charge in [-0.05, 0) is 63.1 Å². The van der Waals surface area contributed by atoms with E-state index in [1.165, 1.54) is 12.1 Å². The van der Waals surface area contributed by atoms with E-state index in [-0.39, 0.29) is 24.7 Å². The summed E-state index contributed by atoms with van der Waals surface area (Å²) in [5, 5.41) is 0. The van der Waals surface area contributed by atoms with Crippen LogP contribution in [-0.4, -0.2) is 34.1 Å². The number of halogens is 1. The predicted octanol–water partition coefficient (Wildman–Crippen LogP) is 5.29. The summed E-state index contributed by atoms with van der Waals surface area (Å²) >= 11 is 0. The van der Waals surface area contributed by atoms with Gasteiger partial charge in [-0.25, -0.2) is 14.2 Å². The molecule has 0 fully saturated rings. The Morgan fingerprint density at radius 3 is 2.63 bits per heavy atom. The average molecular weight is 480 g/mol. The van der Waals surface area contributed by atoms with Gasteiger partial charge in [-0.3, -0.25) is 9.88 Å². The number of pyridine rings is 2. The van der Waals surface area contributed by atoms with Crippen molar-refractivity contribution in [3.8, 4) is 5.75 Å². The monoisotopic (exact) mass is 479 g/mol. The van der Waals surface area contributed by atoms with Gasteiger partial charge in [0, 0.05) is 30.5 Å². The SMILES string of the molecule is CCOC(=O)c1nccc2c1CN(C(C)c1cc(C)c(OCc3ccc(F)cc3)cn1)C2OCC. The van der Waals surface area contributed by atoms with Crippen LogP contribution in [0.1, 0.15) is 71.5 Å². The Morgan fingerprint density at radius 2 is 1.94 bits per heavy atom. The number of aromatic nitrogens is 2. The molecule has 35 heavy (non-hydrogen) atoms. The highest BCUT2D eigenvalue weighted by atomic mass is 19.1. The topological polar surface area (TPSA) is 73.8 Å². The number of hydrogen-bond acceptors (Lipinski definition) is 7. The van der Waals surface area contributed by atoms with Gasteiger partial charge in [-0.1, -0.05) is 12.1 Å². The summed E-state index contributed by atoms with van der Waals surface area (Å²) in [5.41, 5.74) is 4.77. The summed E-state index contributed by atoms with van der Waals surface area (Å²) in [4.78, 5) is 23.6. The number of carbonyl (C=O) groups is 1. The molecule has 2 unspecified atom stereocenters. The molecule has 1 aliphatic heterocycles. The molecule has 0 aliphatic carbocycles. The number of rotatable bonds is 9. The third-order valence-electron chi connectivity index (χ3n) is 6.11. The predicted molar refractivity (Wildman–Crippen MR) is 128 cm³/mol. The van der Waals surface area contributed by atoms with E-state index in [0.29, 0.717) is 31.2 Å². The van der Waals surface area contributed by atoms with Crippen LogP contribution in [0.3, 0.4) is 0 Å². The largest absolute Gasteiger partial charge is 0.487 e. The van der Waals surface area contributed by atoms with Crippen molar-refractivity contribution in [2.24, 2.45) is 0 Å². The van der Waals surface area contributed by atoms with Gasteiger partial charge in [0.05, 0.1) is 24.5 Å². The fourth-order valence-corrected chi connectivity index (χ4v) is 4.26. The number of esters is 1. The molecule has 184 valence electrons. The number of nitrogens with zero attached hydrogens (tertiary/aromatic N) is 3. The molecule has 3 aromatic rings. The van der Waals surface area contributed by atoms with Gasteiger partial charge >= 0.3 is 5.97 Å². The van der Waals surface area contributed by atoms with Crippen molar-refractivity contribution >= 4 is 5.97 Å². The van der Waals surface area contributed by atoms with Gasteiger partial charge in [0.2, 0.25) is 0 Å². The van der Waals surface area contributed by atoms with E-state index in [1.807, 2.05) is 26.0 Å². The Balaban J connectivity index is 1.54. The number of aryl methyl sites for hydroxylation is 1. The molecule has 0 saturated heterocycles. The minimum absolute atomic E-state index is 0.0983. The normalized spacial score (nSPS) is 16.1. The second-order valence-corrected chi connectivity index (χ2v) is 8.39. The zero-order valence-corrected chi connectivity index (χ0v) is 20.5. The van der Waals surface area contributed by atoms with Crippen molar-refractivity contribution in [3.63, 3.8) is 0 Å². The second-order valence-electron chi connectivity index (χ2n) is 8.39. The molecule has 1 aromatic carbocycles. The van der Waals surface area contributed by atoms with E-state index in [9.17, 15) is 9.18 Å². The van der Waals surface area contributed by atoms with Gasteiger partial charge in [0.15, 0.2) is 5.69 Å². The molecule has 0 saturated carbocycles. The highest BCUT2D eigenvalue weighted by molar-refractivity contribution is 5.89. The highest BCUT2D eigenvalue weighted by Crippen LogP contribution is 2.41. The quantitative estimate of drug-likeness (QED) is 0.386. The van der Waals surface area contributed by atoms with Crippen molar-refractivity contribution in [1.29, 1.82) is 0 Å². The third kappa shape index (κ3) is 5.33. The van der Waals surface area contributed by atoms with Crippen LogP contribution < -0.4 is 4.74 Å². The first-order chi connectivity index (χ1) is 16.9. The van der Waals surface area contributed by atoms with Crippen LogP contribution >= 0.6 is 0 Å². The van der Waals surface area contributed by atoms with E-state index in [1.54, 1.807) is 31.5 Å². The maximum Gasteiger partial charge on any atom is 0.357 e. The summed E-state index contributed by atoms with van der Waals surface area (Å²) in [7, 11) is 0. The molecule has 0 bridgehead atoms. The fraction of sp³-hybridized carbons (Fsp3) is 0.370. The molecule has 7 nitrogen and oxygen atoms in total. The molecule has 8 heteroatoms. The molecule has 2 atom stereocenters. The van der Waals surface area contributed by atoms with Gasteiger partial charge in [-0.15, -0.1) is 0 Å². The summed E-state index contributed by atoms with van der Waals surface area (Å²) in [6, 6.07) is 10.0. The van der Waals surface area contributed by atoms with Crippen LogP contribution in [0.4, 0.5) is 4.39 Å². The second kappa shape index (κ2) is 10.9. The lowest BCUT2D eigenvalue weighted by molar-refractivity contribution is -0.0680. The fourth-order valence-electron chi connectivity index (χ4n) is 4.26. The van der Waals surface area contributed by atoms with E-state index in [2.05, 4.69) is 21.8 Å². The number of fused-ring (bicyclic) bond motifs is 1. The number of carbonyl (C=O) groups excluding carboxylic acids is 1. The van der Waals surface area contributed by atoms with Gasteiger partial charge in [0.1, 0.15) is 24.4 Å². The van der Waals surface area contributed by atoms with Crippen LogP contribution in [-0.2, 0) is 22.6 Å². The molecule has 4 rings (SSSR count). The third-order valence-corrected chi connectivity index (χ3v) is 6.11. The van der Waals surface area contributed by atoms with E-state index >= 15 is 0 Å². The van der Waals surface area contributed by atoms with Gasteiger partial charge in [0.25, 0.3) is 0 Å². The Labute approximate surface area is 204 Å². The smallest absolute Gasteiger partial charge is 0.357 e. The Morgan fingerprint density at radius 1 is 1.17 bits per heavy atom. The van der Waals surface area contributed by atoms with Crippen LogP contribution in [0.25, 0.3) is 0 Å². The number of ether oxygens (including phenoxy) is 3. The van der Waals surface area contributed by atoms with E-state index in [4.69, 9.17) is 14.2 Å². The lowest BCUT2D eigenvalue weighted by Crippen LogP contribution is -2.28. The van der Waals surface area contributed by atoms with Gasteiger partial charge < -0.3 is 14.2 Å². The van der Waals surface area contributed by atoms with Crippen LogP contribution in [0.15, 0.2) is 48.8 Å². The zero-order valence-electron chi connectivity index (χ0n) is 20.5. The minimum Gasteiger partial charge on any atom is -0.487 e. The summed E-state index contributed by atoms with van der Waals surface area (Å²) in [6.45, 7) is 9.39. The molecule has 2 aromatic heterocycles. The molecule has 3 heterocycles. The highest BCUT2D eigenvalue weighted by Gasteiger charge is 2.38. The van der Waals surface area contributed by atoms with Crippen LogP contribution in [0.5, 0.6) is 5.75 Å². The molecule has 0 amide bonds. The molecule has 0 radical (unpaired) electrons. The minimum atomic E-state index is -0.425. The molecule has 0 N–H and O–H groups in total. The van der Waals surface area contributed by atoms with Crippen molar-refractivity contribution in [2.45, 2.75) is 53.1 Å². The average Bonchev–Trinajstić information content (AvgIpc) is 3.22. The lowest BCUT2D eigenvalue weighted by atomic mass is 10.1. The molecule has 0 spiro atoms. The summed E-state index contributed by atoms with van der Waals surface area (Å²) < 4.78 is 30.4. The maximum atomic E-state index is 13.1. The standard InChI is InChI=1S/C27H30FN3O4/c1-5-33-26-21-11-12-29-25(27(32)34-6-2)22(21)15-31(26)18(4)23-13-17(3)24(14-30-23)35-16-19-7-9-20(28)10-8-19/h7-14,18,26H,5-6,15-16H2,1-4H3. The summed E-state index contributed by atoms with van der Waals surface area (Å²) in [6.07, 6.45) is 3.02.